The quantitative estimate of drug-likeness (QED) is 0.812. The lowest BCUT2D eigenvalue weighted by Gasteiger charge is -1.99. The van der Waals surface area contributed by atoms with E-state index in [2.05, 4.69) is 10.5 Å². The zero-order chi connectivity index (χ0) is 11.7. The van der Waals surface area contributed by atoms with E-state index in [1.165, 1.54) is 11.3 Å². The second-order valence-corrected chi connectivity index (χ2v) is 4.64. The maximum absolute atomic E-state index is 11.7. The minimum Gasteiger partial charge on any atom is -0.355 e. The highest BCUT2D eigenvalue weighted by atomic mass is 32.1. The van der Waals surface area contributed by atoms with Gasteiger partial charge in [0.15, 0.2) is 0 Å². The van der Waals surface area contributed by atoms with E-state index in [-0.39, 0.29) is 5.91 Å². The highest BCUT2D eigenvalue weighted by Crippen LogP contribution is 2.33. The minimum atomic E-state index is -0.101. The van der Waals surface area contributed by atoms with Gasteiger partial charge in [0.05, 0.1) is 5.56 Å². The van der Waals surface area contributed by atoms with Crippen molar-refractivity contribution in [1.29, 1.82) is 0 Å². The Labute approximate surface area is 96.3 Å². The lowest BCUT2D eigenvalue weighted by Crippen LogP contribution is -2.18. The molecule has 16 heavy (non-hydrogen) atoms. The summed E-state index contributed by atoms with van der Waals surface area (Å²) in [6, 6.07) is 5.08. The fraction of sp³-hybridized carbons (Fsp3) is 0.182. The molecule has 1 amide bonds. The van der Waals surface area contributed by atoms with E-state index < -0.39 is 0 Å². The Hall–Kier alpha value is -1.75. The highest BCUT2D eigenvalue weighted by Gasteiger charge is 2.15. The summed E-state index contributed by atoms with van der Waals surface area (Å²) in [4.78, 5) is 23.0. The van der Waals surface area contributed by atoms with Gasteiger partial charge in [0.2, 0.25) is 0 Å². The summed E-state index contributed by atoms with van der Waals surface area (Å²) >= 11 is 1.49. The molecule has 0 aliphatic carbocycles. The van der Waals surface area contributed by atoms with E-state index in [9.17, 15) is 9.70 Å². The van der Waals surface area contributed by atoms with Gasteiger partial charge in [-0.05, 0) is 24.2 Å². The zero-order valence-electron chi connectivity index (χ0n) is 8.90. The van der Waals surface area contributed by atoms with Crippen LogP contribution in [-0.4, -0.2) is 13.0 Å². The number of aryl methyl sites for hydroxylation is 1. The van der Waals surface area contributed by atoms with E-state index in [1.807, 2.05) is 6.92 Å². The molecule has 4 nitrogen and oxygen atoms in total. The summed E-state index contributed by atoms with van der Waals surface area (Å²) in [7, 11) is 1.60. The average molecular weight is 234 g/mol. The maximum Gasteiger partial charge on any atom is 0.252 e. The first-order valence-electron chi connectivity index (χ1n) is 4.76. The number of nitrogens with one attached hydrogen (secondary N) is 1. The van der Waals surface area contributed by atoms with Crippen LogP contribution in [0.2, 0.25) is 0 Å². The molecular weight excluding hydrogens is 224 g/mol. The van der Waals surface area contributed by atoms with Crippen LogP contribution in [0, 0.1) is 11.8 Å². The molecule has 0 radical (unpaired) electrons. The molecule has 2 aromatic rings. The number of rotatable bonds is 2. The molecule has 0 unspecified atom stereocenters. The molecule has 0 bridgehead atoms. The van der Waals surface area contributed by atoms with Crippen molar-refractivity contribution in [3.63, 3.8) is 0 Å². The van der Waals surface area contributed by atoms with Gasteiger partial charge in [-0.3, -0.25) is 4.79 Å². The number of nitroso groups, excluding NO2 is 1. The van der Waals surface area contributed by atoms with E-state index in [0.29, 0.717) is 11.3 Å². The van der Waals surface area contributed by atoms with Crippen LogP contribution in [0.1, 0.15) is 15.2 Å². The molecule has 0 spiro atoms. The van der Waals surface area contributed by atoms with Crippen LogP contribution in [0.3, 0.4) is 0 Å². The molecule has 82 valence electrons. The SMILES string of the molecule is CNC(=O)c1c(C)sc2cc(N=O)ccc12. The van der Waals surface area contributed by atoms with Crippen LogP contribution < -0.4 is 5.32 Å². The first-order valence-corrected chi connectivity index (χ1v) is 5.57. The Kier molecular flexibility index (Phi) is 2.70. The van der Waals surface area contributed by atoms with Crippen LogP contribution in [-0.2, 0) is 0 Å². The molecular formula is C11H10N2O2S. The number of carbonyl (C=O) groups is 1. The molecule has 1 heterocycles. The fourth-order valence-corrected chi connectivity index (χ4v) is 2.77. The van der Waals surface area contributed by atoms with Gasteiger partial charge in [0.25, 0.3) is 5.91 Å². The molecule has 0 saturated heterocycles. The van der Waals surface area contributed by atoms with Crippen molar-refractivity contribution in [3.05, 3.63) is 33.5 Å². The fourth-order valence-electron chi connectivity index (χ4n) is 1.67. The summed E-state index contributed by atoms with van der Waals surface area (Å²) in [6.07, 6.45) is 0. The third-order valence-corrected chi connectivity index (χ3v) is 3.48. The standard InChI is InChI=1S/C11H10N2O2S/c1-6-10(11(14)12-2)8-4-3-7(13-15)5-9(8)16-6/h3-5H,1-2H3,(H,12,14). The Bertz CT molecular complexity index is 575. The number of amides is 1. The van der Waals surface area contributed by atoms with E-state index >= 15 is 0 Å². The number of hydrogen-bond acceptors (Lipinski definition) is 4. The Balaban J connectivity index is 2.71. The van der Waals surface area contributed by atoms with Crippen molar-refractivity contribution >= 4 is 33.0 Å². The number of carbonyl (C=O) groups excluding carboxylic acids is 1. The monoisotopic (exact) mass is 234 g/mol. The van der Waals surface area contributed by atoms with Gasteiger partial charge in [0, 0.05) is 22.0 Å². The van der Waals surface area contributed by atoms with Crippen molar-refractivity contribution in [3.8, 4) is 0 Å². The van der Waals surface area contributed by atoms with Gasteiger partial charge >= 0.3 is 0 Å². The van der Waals surface area contributed by atoms with Gasteiger partial charge in [-0.25, -0.2) is 0 Å². The number of nitrogens with zero attached hydrogens (tertiary/aromatic N) is 1. The average Bonchev–Trinajstić information content (AvgIpc) is 2.62. The molecule has 1 aromatic carbocycles. The molecule has 0 fully saturated rings. The first kappa shape index (κ1) is 10.8. The van der Waals surface area contributed by atoms with E-state index in [0.717, 1.165) is 15.0 Å². The molecule has 1 N–H and O–H groups in total. The highest BCUT2D eigenvalue weighted by molar-refractivity contribution is 7.19. The predicted molar refractivity (Wildman–Crippen MR) is 65.4 cm³/mol. The zero-order valence-corrected chi connectivity index (χ0v) is 9.72. The lowest BCUT2D eigenvalue weighted by atomic mass is 10.1. The van der Waals surface area contributed by atoms with E-state index in [1.54, 1.807) is 25.2 Å². The number of thiophene rings is 1. The topological polar surface area (TPSA) is 58.5 Å². The normalized spacial score (nSPS) is 10.4. The molecule has 0 aliphatic rings. The number of hydrogen-bond donors (Lipinski definition) is 1. The predicted octanol–water partition coefficient (Wildman–Crippen LogP) is 2.97. The smallest absolute Gasteiger partial charge is 0.252 e. The maximum atomic E-state index is 11.7. The Morgan fingerprint density at radius 2 is 2.19 bits per heavy atom. The molecule has 0 aliphatic heterocycles. The first-order chi connectivity index (χ1) is 7.67. The lowest BCUT2D eigenvalue weighted by molar-refractivity contribution is 0.0964. The number of fused-ring (bicyclic) bond motifs is 1. The van der Waals surface area contributed by atoms with Crippen molar-refractivity contribution < 1.29 is 4.79 Å². The molecule has 0 saturated carbocycles. The molecule has 5 heteroatoms. The molecule has 2 rings (SSSR count). The van der Waals surface area contributed by atoms with Crippen molar-refractivity contribution in [2.45, 2.75) is 6.92 Å². The summed E-state index contributed by atoms with van der Waals surface area (Å²) in [5.74, 6) is -0.101. The Morgan fingerprint density at radius 3 is 2.81 bits per heavy atom. The van der Waals surface area contributed by atoms with Crippen LogP contribution in [0.15, 0.2) is 23.4 Å². The summed E-state index contributed by atoms with van der Waals surface area (Å²) < 4.78 is 0.910. The van der Waals surface area contributed by atoms with Crippen LogP contribution in [0.4, 0.5) is 5.69 Å². The second-order valence-electron chi connectivity index (χ2n) is 3.38. The largest absolute Gasteiger partial charge is 0.355 e. The van der Waals surface area contributed by atoms with E-state index in [4.69, 9.17) is 0 Å². The minimum absolute atomic E-state index is 0.101. The van der Waals surface area contributed by atoms with Gasteiger partial charge in [-0.2, -0.15) is 0 Å². The van der Waals surface area contributed by atoms with Crippen molar-refractivity contribution in [2.24, 2.45) is 5.18 Å². The van der Waals surface area contributed by atoms with Crippen LogP contribution in [0.5, 0.6) is 0 Å². The third kappa shape index (κ3) is 1.59. The number of benzene rings is 1. The van der Waals surface area contributed by atoms with Gasteiger partial charge in [-0.15, -0.1) is 16.2 Å². The Morgan fingerprint density at radius 1 is 1.44 bits per heavy atom. The van der Waals surface area contributed by atoms with Gasteiger partial charge in [0.1, 0.15) is 5.69 Å². The summed E-state index contributed by atoms with van der Waals surface area (Å²) in [6.45, 7) is 1.89. The summed E-state index contributed by atoms with van der Waals surface area (Å²) in [5.41, 5.74) is 1.07. The molecule has 0 atom stereocenters. The van der Waals surface area contributed by atoms with Crippen LogP contribution >= 0.6 is 11.3 Å². The van der Waals surface area contributed by atoms with Crippen molar-refractivity contribution in [2.75, 3.05) is 7.05 Å². The summed E-state index contributed by atoms with van der Waals surface area (Å²) in [5, 5.41) is 6.36. The second kappa shape index (κ2) is 4.02. The molecule has 1 aromatic heterocycles. The van der Waals surface area contributed by atoms with Crippen LogP contribution in [0.25, 0.3) is 10.1 Å². The van der Waals surface area contributed by atoms with Gasteiger partial charge < -0.3 is 5.32 Å². The van der Waals surface area contributed by atoms with Crippen molar-refractivity contribution in [1.82, 2.24) is 5.32 Å². The van der Waals surface area contributed by atoms with Gasteiger partial charge in [-0.1, -0.05) is 6.07 Å². The third-order valence-electron chi connectivity index (χ3n) is 2.41.